The van der Waals surface area contributed by atoms with Crippen LogP contribution in [0.15, 0.2) is 52.9 Å². The molecule has 0 radical (unpaired) electrons. The molecular formula is C21H23N3O2. The number of aromatic nitrogens is 2. The van der Waals surface area contributed by atoms with Gasteiger partial charge in [0.2, 0.25) is 11.8 Å². The summed E-state index contributed by atoms with van der Waals surface area (Å²) in [5.74, 6) is 2.05. The Balaban J connectivity index is 1.36. The van der Waals surface area contributed by atoms with Gasteiger partial charge in [0.05, 0.1) is 0 Å². The van der Waals surface area contributed by atoms with Crippen LogP contribution < -0.4 is 4.74 Å². The van der Waals surface area contributed by atoms with Crippen molar-refractivity contribution in [1.29, 1.82) is 0 Å². The molecule has 0 aliphatic carbocycles. The monoisotopic (exact) mass is 349 g/mol. The maximum atomic E-state index is 5.87. The molecule has 2 aromatic carbocycles. The van der Waals surface area contributed by atoms with Gasteiger partial charge in [-0.25, -0.2) is 0 Å². The molecule has 0 bridgehead atoms. The predicted octanol–water partition coefficient (Wildman–Crippen LogP) is 4.19. The number of nitrogens with zero attached hydrogens (tertiary/aromatic N) is 3. The van der Waals surface area contributed by atoms with Crippen LogP contribution in [0.1, 0.15) is 18.7 Å². The van der Waals surface area contributed by atoms with Crippen LogP contribution in [-0.4, -0.2) is 41.3 Å². The second kappa shape index (κ2) is 7.70. The molecule has 1 aliphatic rings. The van der Waals surface area contributed by atoms with Crippen molar-refractivity contribution in [3.8, 4) is 28.3 Å². The normalized spacial score (nSPS) is 14.7. The lowest BCUT2D eigenvalue weighted by Gasteiger charge is -2.15. The number of rotatable bonds is 6. The van der Waals surface area contributed by atoms with Gasteiger partial charge in [-0.15, -0.1) is 10.2 Å². The molecule has 1 fully saturated rings. The summed E-state index contributed by atoms with van der Waals surface area (Å²) in [7, 11) is 0. The van der Waals surface area contributed by atoms with Crippen LogP contribution in [0.5, 0.6) is 5.75 Å². The molecule has 0 spiro atoms. The largest absolute Gasteiger partial charge is 0.492 e. The molecule has 26 heavy (non-hydrogen) atoms. The van der Waals surface area contributed by atoms with Crippen LogP contribution >= 0.6 is 0 Å². The maximum Gasteiger partial charge on any atom is 0.247 e. The van der Waals surface area contributed by atoms with Gasteiger partial charge in [-0.2, -0.15) is 0 Å². The van der Waals surface area contributed by atoms with E-state index in [1.165, 1.54) is 25.9 Å². The zero-order valence-corrected chi connectivity index (χ0v) is 15.0. The van der Waals surface area contributed by atoms with Crippen LogP contribution in [0, 0.1) is 6.92 Å². The lowest BCUT2D eigenvalue weighted by atomic mass is 10.0. The smallest absolute Gasteiger partial charge is 0.247 e. The van der Waals surface area contributed by atoms with Gasteiger partial charge in [-0.3, -0.25) is 4.90 Å². The topological polar surface area (TPSA) is 51.4 Å². The third-order valence-electron chi connectivity index (χ3n) is 4.72. The highest BCUT2D eigenvalue weighted by Gasteiger charge is 2.11. The molecule has 1 aromatic heterocycles. The minimum Gasteiger partial charge on any atom is -0.492 e. The lowest BCUT2D eigenvalue weighted by Crippen LogP contribution is -2.25. The Hall–Kier alpha value is -2.66. The van der Waals surface area contributed by atoms with E-state index in [1.807, 2.05) is 24.3 Å². The molecule has 1 aliphatic heterocycles. The van der Waals surface area contributed by atoms with Gasteiger partial charge in [-0.1, -0.05) is 24.3 Å². The number of ether oxygens (including phenoxy) is 1. The van der Waals surface area contributed by atoms with E-state index in [-0.39, 0.29) is 0 Å². The molecule has 0 N–H and O–H groups in total. The summed E-state index contributed by atoms with van der Waals surface area (Å²) in [6, 6.07) is 16.4. The van der Waals surface area contributed by atoms with E-state index in [9.17, 15) is 0 Å². The fourth-order valence-corrected chi connectivity index (χ4v) is 3.26. The molecule has 5 heteroatoms. The lowest BCUT2D eigenvalue weighted by molar-refractivity contribution is 0.238. The van der Waals surface area contributed by atoms with Crippen molar-refractivity contribution in [3.05, 3.63) is 54.4 Å². The zero-order valence-electron chi connectivity index (χ0n) is 15.0. The van der Waals surface area contributed by atoms with Gasteiger partial charge in [0.25, 0.3) is 0 Å². The SMILES string of the molecule is Cc1nnc(-c2ccc(-c3ccc(OCCN4CCCC4)cc3)cc2)o1. The van der Waals surface area contributed by atoms with Crippen molar-refractivity contribution in [2.45, 2.75) is 19.8 Å². The molecule has 134 valence electrons. The Morgan fingerprint density at radius 3 is 2.12 bits per heavy atom. The van der Waals surface area contributed by atoms with E-state index >= 15 is 0 Å². The van der Waals surface area contributed by atoms with Gasteiger partial charge in [0, 0.05) is 19.0 Å². The highest BCUT2D eigenvalue weighted by Crippen LogP contribution is 2.25. The Kier molecular flexibility index (Phi) is 4.97. The number of likely N-dealkylation sites (tertiary alicyclic amines) is 1. The van der Waals surface area contributed by atoms with Crippen LogP contribution in [0.4, 0.5) is 0 Å². The summed E-state index contributed by atoms with van der Waals surface area (Å²) in [5, 5.41) is 7.92. The van der Waals surface area contributed by atoms with E-state index in [2.05, 4.69) is 39.4 Å². The first-order chi connectivity index (χ1) is 12.8. The average Bonchev–Trinajstić information content (AvgIpc) is 3.34. The molecule has 4 rings (SSSR count). The standard InChI is InChI=1S/C21H23N3O2/c1-16-22-23-21(26-16)19-6-4-17(5-7-19)18-8-10-20(11-9-18)25-15-14-24-12-2-3-13-24/h4-11H,2-3,12-15H2,1H3. The van der Waals surface area contributed by atoms with Gasteiger partial charge in [0.15, 0.2) is 0 Å². The molecule has 1 saturated heterocycles. The van der Waals surface area contributed by atoms with E-state index in [0.717, 1.165) is 35.6 Å². The summed E-state index contributed by atoms with van der Waals surface area (Å²) in [6.45, 7) is 5.97. The molecule has 2 heterocycles. The van der Waals surface area contributed by atoms with Gasteiger partial charge in [0.1, 0.15) is 12.4 Å². The summed E-state index contributed by atoms with van der Waals surface area (Å²) in [5.41, 5.74) is 3.23. The van der Waals surface area contributed by atoms with Crippen molar-refractivity contribution in [1.82, 2.24) is 15.1 Å². The van der Waals surface area contributed by atoms with E-state index in [0.29, 0.717) is 11.8 Å². The van der Waals surface area contributed by atoms with E-state index in [1.54, 1.807) is 6.92 Å². The van der Waals surface area contributed by atoms with Gasteiger partial charge < -0.3 is 9.15 Å². The molecule has 0 amide bonds. The van der Waals surface area contributed by atoms with Crippen LogP contribution in [0.2, 0.25) is 0 Å². The third-order valence-corrected chi connectivity index (χ3v) is 4.72. The molecule has 0 saturated carbocycles. The maximum absolute atomic E-state index is 5.87. The molecule has 0 unspecified atom stereocenters. The quantitative estimate of drug-likeness (QED) is 0.668. The van der Waals surface area contributed by atoms with Gasteiger partial charge >= 0.3 is 0 Å². The van der Waals surface area contributed by atoms with Crippen LogP contribution in [0.25, 0.3) is 22.6 Å². The summed E-state index contributed by atoms with van der Waals surface area (Å²) in [6.07, 6.45) is 2.64. The van der Waals surface area contributed by atoms with Crippen molar-refractivity contribution < 1.29 is 9.15 Å². The first-order valence-electron chi connectivity index (χ1n) is 9.14. The highest BCUT2D eigenvalue weighted by molar-refractivity contribution is 5.67. The first-order valence-corrected chi connectivity index (χ1v) is 9.14. The average molecular weight is 349 g/mol. The zero-order chi connectivity index (χ0) is 17.8. The highest BCUT2D eigenvalue weighted by atomic mass is 16.5. The summed E-state index contributed by atoms with van der Waals surface area (Å²) >= 11 is 0. The number of hydrogen-bond donors (Lipinski definition) is 0. The van der Waals surface area contributed by atoms with E-state index in [4.69, 9.17) is 9.15 Å². The predicted molar refractivity (Wildman–Crippen MR) is 101 cm³/mol. The Morgan fingerprint density at radius 1 is 0.885 bits per heavy atom. The van der Waals surface area contributed by atoms with Gasteiger partial charge in [-0.05, 0) is 61.3 Å². The van der Waals surface area contributed by atoms with Crippen molar-refractivity contribution in [2.75, 3.05) is 26.2 Å². The van der Waals surface area contributed by atoms with Crippen LogP contribution in [0.3, 0.4) is 0 Å². The molecule has 3 aromatic rings. The summed E-state index contributed by atoms with van der Waals surface area (Å²) < 4.78 is 11.3. The number of aryl methyl sites for hydroxylation is 1. The number of benzene rings is 2. The van der Waals surface area contributed by atoms with Crippen molar-refractivity contribution in [3.63, 3.8) is 0 Å². The fourth-order valence-electron chi connectivity index (χ4n) is 3.26. The second-order valence-corrected chi connectivity index (χ2v) is 6.63. The summed E-state index contributed by atoms with van der Waals surface area (Å²) in [4.78, 5) is 2.46. The fraction of sp³-hybridized carbons (Fsp3) is 0.333. The van der Waals surface area contributed by atoms with Crippen molar-refractivity contribution in [2.24, 2.45) is 0 Å². The minimum absolute atomic E-state index is 0.552. The molecular weight excluding hydrogens is 326 g/mol. The molecule has 0 atom stereocenters. The van der Waals surface area contributed by atoms with E-state index < -0.39 is 0 Å². The minimum atomic E-state index is 0.552. The molecule has 5 nitrogen and oxygen atoms in total. The Morgan fingerprint density at radius 2 is 1.50 bits per heavy atom. The third kappa shape index (κ3) is 3.94. The number of hydrogen-bond acceptors (Lipinski definition) is 5. The van der Waals surface area contributed by atoms with Crippen LogP contribution in [-0.2, 0) is 0 Å². The Labute approximate surface area is 153 Å². The Bertz CT molecular complexity index is 834. The second-order valence-electron chi connectivity index (χ2n) is 6.63. The first kappa shape index (κ1) is 16.8. The van der Waals surface area contributed by atoms with Crippen molar-refractivity contribution >= 4 is 0 Å².